The highest BCUT2D eigenvalue weighted by molar-refractivity contribution is 7.89. The van der Waals surface area contributed by atoms with E-state index in [-0.39, 0.29) is 17.5 Å². The molecule has 0 unspecified atom stereocenters. The zero-order valence-electron chi connectivity index (χ0n) is 12.5. The Morgan fingerprint density at radius 1 is 1.45 bits per heavy atom. The summed E-state index contributed by atoms with van der Waals surface area (Å²) in [4.78, 5) is 0.181. The standard InChI is InChI=1S/C14H21N2O4SSi/c1-14(22,10-17)20-12-3-2-4-13(9-12)21(18,19)16-7-5-11(15)6-8-16/h2-4,9,11,17H,5-8,10,15H2,1H3/t14-/m0/s1. The van der Waals surface area contributed by atoms with E-state index in [0.29, 0.717) is 31.7 Å². The number of rotatable bonds is 5. The molecular formula is C14H21N2O4SSi. The summed E-state index contributed by atoms with van der Waals surface area (Å²) in [5.74, 6) is 0.376. The van der Waals surface area contributed by atoms with E-state index in [9.17, 15) is 13.5 Å². The number of benzene rings is 1. The van der Waals surface area contributed by atoms with Crippen LogP contribution in [0.3, 0.4) is 0 Å². The normalized spacial score (nSPS) is 20.5. The Labute approximate surface area is 134 Å². The SMILES string of the molecule is C[C@]([Si])(CO)Oc1cccc(S(=O)(=O)N2CCC(N)CC2)c1. The van der Waals surface area contributed by atoms with Crippen LogP contribution >= 0.6 is 0 Å². The topological polar surface area (TPSA) is 92.9 Å². The van der Waals surface area contributed by atoms with E-state index >= 15 is 0 Å². The van der Waals surface area contributed by atoms with Crippen LogP contribution in [0.1, 0.15) is 19.8 Å². The summed E-state index contributed by atoms with van der Waals surface area (Å²) < 4.78 is 32.3. The van der Waals surface area contributed by atoms with Crippen molar-refractivity contribution in [3.63, 3.8) is 0 Å². The summed E-state index contributed by atoms with van der Waals surface area (Å²) in [5.41, 5.74) is 5.82. The van der Waals surface area contributed by atoms with Gasteiger partial charge in [-0.3, -0.25) is 0 Å². The summed E-state index contributed by atoms with van der Waals surface area (Å²) in [6, 6.07) is 6.36. The second-order valence-electron chi connectivity index (χ2n) is 5.71. The molecule has 3 N–H and O–H groups in total. The molecule has 0 aromatic heterocycles. The van der Waals surface area contributed by atoms with Crippen molar-refractivity contribution in [1.29, 1.82) is 0 Å². The van der Waals surface area contributed by atoms with E-state index in [4.69, 9.17) is 10.5 Å². The van der Waals surface area contributed by atoms with Gasteiger partial charge in [-0.15, -0.1) is 0 Å². The minimum absolute atomic E-state index is 0.0690. The fourth-order valence-electron chi connectivity index (χ4n) is 2.26. The molecule has 1 fully saturated rings. The van der Waals surface area contributed by atoms with Gasteiger partial charge in [0.15, 0.2) is 0 Å². The fourth-order valence-corrected chi connectivity index (χ4v) is 3.88. The molecule has 0 saturated carbocycles. The van der Waals surface area contributed by atoms with Crippen LogP contribution in [0.15, 0.2) is 29.2 Å². The summed E-state index contributed by atoms with van der Waals surface area (Å²) in [5, 5.41) is 8.24. The van der Waals surface area contributed by atoms with Crippen LogP contribution in [0.25, 0.3) is 0 Å². The number of aliphatic hydroxyl groups excluding tert-OH is 1. The van der Waals surface area contributed by atoms with Crippen molar-refractivity contribution < 1.29 is 18.3 Å². The lowest BCUT2D eigenvalue weighted by atomic mass is 10.1. The van der Waals surface area contributed by atoms with Crippen LogP contribution in [-0.2, 0) is 10.0 Å². The van der Waals surface area contributed by atoms with Gasteiger partial charge in [0.2, 0.25) is 10.0 Å². The van der Waals surface area contributed by atoms with Crippen LogP contribution in [0.5, 0.6) is 5.75 Å². The maximum Gasteiger partial charge on any atom is 0.243 e. The van der Waals surface area contributed by atoms with Crippen molar-refractivity contribution in [3.8, 4) is 5.75 Å². The van der Waals surface area contributed by atoms with E-state index in [1.807, 2.05) is 0 Å². The van der Waals surface area contributed by atoms with Crippen molar-refractivity contribution in [2.24, 2.45) is 5.73 Å². The lowest BCUT2D eigenvalue weighted by Crippen LogP contribution is -2.42. The molecule has 22 heavy (non-hydrogen) atoms. The molecule has 121 valence electrons. The quantitative estimate of drug-likeness (QED) is 0.739. The molecule has 1 aliphatic rings. The Bertz CT molecular complexity index is 613. The highest BCUT2D eigenvalue weighted by Gasteiger charge is 2.29. The van der Waals surface area contributed by atoms with Crippen LogP contribution in [0.4, 0.5) is 0 Å². The van der Waals surface area contributed by atoms with Gasteiger partial charge in [0, 0.05) is 25.2 Å². The minimum Gasteiger partial charge on any atom is -0.490 e. The molecule has 1 aromatic rings. The number of sulfonamides is 1. The number of aliphatic hydroxyl groups is 1. The van der Waals surface area contributed by atoms with Gasteiger partial charge in [-0.1, -0.05) is 6.07 Å². The molecule has 0 bridgehead atoms. The average molecular weight is 341 g/mol. The first-order chi connectivity index (χ1) is 10.2. The number of hydrogen-bond acceptors (Lipinski definition) is 5. The second-order valence-corrected chi connectivity index (χ2v) is 8.70. The number of nitrogens with two attached hydrogens (primary N) is 1. The van der Waals surface area contributed by atoms with Gasteiger partial charge in [-0.05, 0) is 31.9 Å². The molecule has 1 saturated heterocycles. The van der Waals surface area contributed by atoms with Crippen molar-refractivity contribution in [3.05, 3.63) is 24.3 Å². The van der Waals surface area contributed by atoms with Crippen LogP contribution in [-0.4, -0.2) is 59.0 Å². The molecule has 3 radical (unpaired) electrons. The van der Waals surface area contributed by atoms with Gasteiger partial charge in [0.25, 0.3) is 0 Å². The molecule has 1 aromatic carbocycles. The maximum absolute atomic E-state index is 12.6. The fraction of sp³-hybridized carbons (Fsp3) is 0.571. The van der Waals surface area contributed by atoms with E-state index in [1.165, 1.54) is 10.4 Å². The van der Waals surface area contributed by atoms with E-state index < -0.39 is 15.2 Å². The van der Waals surface area contributed by atoms with Gasteiger partial charge < -0.3 is 15.6 Å². The van der Waals surface area contributed by atoms with Crippen molar-refractivity contribution in [1.82, 2.24) is 4.31 Å². The van der Waals surface area contributed by atoms with E-state index in [0.717, 1.165) is 0 Å². The summed E-state index contributed by atoms with van der Waals surface area (Å²) in [6.45, 7) is 2.27. The Morgan fingerprint density at radius 2 is 2.09 bits per heavy atom. The average Bonchev–Trinajstić information content (AvgIpc) is 2.47. The zero-order chi connectivity index (χ0) is 16.4. The molecule has 1 atom stereocenters. The van der Waals surface area contributed by atoms with Crippen molar-refractivity contribution >= 4 is 20.3 Å². The zero-order valence-corrected chi connectivity index (χ0v) is 14.3. The molecule has 1 aliphatic heterocycles. The first-order valence-corrected chi connectivity index (χ1v) is 9.09. The van der Waals surface area contributed by atoms with E-state index in [2.05, 4.69) is 10.2 Å². The van der Waals surface area contributed by atoms with Crippen LogP contribution in [0, 0.1) is 0 Å². The summed E-state index contributed by atoms with van der Waals surface area (Å²) >= 11 is 0. The van der Waals surface area contributed by atoms with Gasteiger partial charge in [-0.2, -0.15) is 4.31 Å². The minimum atomic E-state index is -3.55. The lowest BCUT2D eigenvalue weighted by molar-refractivity contribution is 0.0941. The van der Waals surface area contributed by atoms with Crippen LogP contribution in [0.2, 0.25) is 0 Å². The highest BCUT2D eigenvalue weighted by atomic mass is 32.2. The monoisotopic (exact) mass is 341 g/mol. The Hall–Kier alpha value is -0.933. The number of hydrogen-bond donors (Lipinski definition) is 2. The second kappa shape index (κ2) is 6.67. The predicted molar refractivity (Wildman–Crippen MR) is 84.3 cm³/mol. The first-order valence-electron chi connectivity index (χ1n) is 7.15. The van der Waals surface area contributed by atoms with Gasteiger partial charge in [-0.25, -0.2) is 8.42 Å². The van der Waals surface area contributed by atoms with Gasteiger partial charge in [0.05, 0.1) is 21.7 Å². The Kier molecular flexibility index (Phi) is 5.28. The number of ether oxygens (including phenoxy) is 1. The van der Waals surface area contributed by atoms with Crippen molar-refractivity contribution in [2.45, 2.75) is 35.9 Å². The molecular weight excluding hydrogens is 320 g/mol. The Balaban J connectivity index is 2.21. The van der Waals surface area contributed by atoms with Gasteiger partial charge >= 0.3 is 0 Å². The van der Waals surface area contributed by atoms with Crippen molar-refractivity contribution in [2.75, 3.05) is 19.7 Å². The Morgan fingerprint density at radius 3 is 2.68 bits per heavy atom. The highest BCUT2D eigenvalue weighted by Crippen LogP contribution is 2.25. The predicted octanol–water partition coefficient (Wildman–Crippen LogP) is 0.0542. The largest absolute Gasteiger partial charge is 0.490 e. The summed E-state index contributed by atoms with van der Waals surface area (Å²) in [6.07, 6.45) is 1.33. The van der Waals surface area contributed by atoms with Gasteiger partial charge in [0.1, 0.15) is 11.0 Å². The molecule has 6 nitrogen and oxygen atoms in total. The molecule has 0 spiro atoms. The third-order valence-electron chi connectivity index (χ3n) is 3.59. The first kappa shape index (κ1) is 17.4. The van der Waals surface area contributed by atoms with Crippen LogP contribution < -0.4 is 10.5 Å². The number of nitrogens with zero attached hydrogens (tertiary/aromatic N) is 1. The molecule has 0 amide bonds. The number of piperidine rings is 1. The third kappa shape index (κ3) is 4.08. The molecule has 2 rings (SSSR count). The molecule has 8 heteroatoms. The molecule has 0 aliphatic carbocycles. The maximum atomic E-state index is 12.6. The lowest BCUT2D eigenvalue weighted by Gasteiger charge is -2.29. The molecule has 1 heterocycles. The van der Waals surface area contributed by atoms with E-state index in [1.54, 1.807) is 25.1 Å². The third-order valence-corrected chi connectivity index (χ3v) is 5.74. The smallest absolute Gasteiger partial charge is 0.243 e. The summed E-state index contributed by atoms with van der Waals surface area (Å²) in [7, 11) is -0.266.